The molecule has 0 radical (unpaired) electrons. The minimum absolute atomic E-state index is 0.302. The number of hydrogen-bond donors (Lipinski definition) is 1. The molecule has 0 aliphatic heterocycles. The molecule has 1 aliphatic rings. The highest BCUT2D eigenvalue weighted by Crippen LogP contribution is 2.25. The quantitative estimate of drug-likeness (QED) is 0.502. The van der Waals surface area contributed by atoms with Gasteiger partial charge >= 0.3 is 0 Å². The molecule has 102 valence electrons. The standard InChI is InChI=1S/C13H14F2N2O2/c14-11-7-10(17(18)19)8-12(15)13(11)16-6-5-9-3-1-2-4-9/h3,7-8,16H,1-2,4-6H2. The highest BCUT2D eigenvalue weighted by molar-refractivity contribution is 5.51. The number of nitro benzene ring substituents is 1. The van der Waals surface area contributed by atoms with Crippen LogP contribution < -0.4 is 5.32 Å². The number of benzene rings is 1. The lowest BCUT2D eigenvalue weighted by atomic mass is 10.1. The van der Waals surface area contributed by atoms with Crippen LogP contribution in [0.3, 0.4) is 0 Å². The zero-order chi connectivity index (χ0) is 13.8. The third-order valence-electron chi connectivity index (χ3n) is 3.12. The summed E-state index contributed by atoms with van der Waals surface area (Å²) in [6.07, 6.45) is 6.11. The van der Waals surface area contributed by atoms with Gasteiger partial charge in [0, 0.05) is 6.54 Å². The minimum Gasteiger partial charge on any atom is -0.380 e. The number of hydrogen-bond acceptors (Lipinski definition) is 3. The molecule has 0 aromatic heterocycles. The molecule has 6 heteroatoms. The molecule has 0 amide bonds. The number of non-ortho nitro benzene ring substituents is 1. The van der Waals surface area contributed by atoms with E-state index in [2.05, 4.69) is 11.4 Å². The third kappa shape index (κ3) is 3.27. The lowest BCUT2D eigenvalue weighted by Crippen LogP contribution is -2.07. The maximum Gasteiger partial charge on any atom is 0.275 e. The molecule has 1 aliphatic carbocycles. The predicted molar refractivity (Wildman–Crippen MR) is 68.1 cm³/mol. The van der Waals surface area contributed by atoms with Gasteiger partial charge < -0.3 is 5.32 Å². The van der Waals surface area contributed by atoms with Crippen LogP contribution in [0.5, 0.6) is 0 Å². The Balaban J connectivity index is 2.01. The van der Waals surface area contributed by atoms with E-state index >= 15 is 0 Å². The van der Waals surface area contributed by atoms with E-state index in [4.69, 9.17) is 0 Å². The summed E-state index contributed by atoms with van der Waals surface area (Å²) in [4.78, 5) is 9.63. The fourth-order valence-corrected chi connectivity index (χ4v) is 2.15. The van der Waals surface area contributed by atoms with Gasteiger partial charge in [-0.25, -0.2) is 8.78 Å². The zero-order valence-electron chi connectivity index (χ0n) is 10.3. The average Bonchev–Trinajstić information content (AvgIpc) is 2.85. The normalized spacial score (nSPS) is 14.3. The monoisotopic (exact) mass is 268 g/mol. The molecule has 19 heavy (non-hydrogen) atoms. The minimum atomic E-state index is -0.938. The van der Waals surface area contributed by atoms with Gasteiger partial charge in [-0.1, -0.05) is 11.6 Å². The van der Waals surface area contributed by atoms with Crippen molar-refractivity contribution in [2.75, 3.05) is 11.9 Å². The van der Waals surface area contributed by atoms with Crippen LogP contribution in [0.25, 0.3) is 0 Å². The van der Waals surface area contributed by atoms with Crippen molar-refractivity contribution in [1.82, 2.24) is 0 Å². The van der Waals surface area contributed by atoms with Crippen LogP contribution in [0.1, 0.15) is 25.7 Å². The lowest BCUT2D eigenvalue weighted by Gasteiger charge is -2.09. The van der Waals surface area contributed by atoms with Gasteiger partial charge in [-0.05, 0) is 25.7 Å². The average molecular weight is 268 g/mol. The predicted octanol–water partition coefficient (Wildman–Crippen LogP) is 3.79. The summed E-state index contributed by atoms with van der Waals surface area (Å²) < 4.78 is 27.1. The van der Waals surface area contributed by atoms with Crippen LogP contribution in [0.2, 0.25) is 0 Å². The Morgan fingerprint density at radius 2 is 2.00 bits per heavy atom. The van der Waals surface area contributed by atoms with Crippen molar-refractivity contribution in [3.05, 3.63) is 45.5 Å². The number of allylic oxidation sites excluding steroid dienone is 1. The summed E-state index contributed by atoms with van der Waals surface area (Å²) in [6, 6.07) is 1.44. The fraction of sp³-hybridized carbons (Fsp3) is 0.385. The SMILES string of the molecule is O=[N+]([O-])c1cc(F)c(NCCC2=CCCC2)c(F)c1. The molecule has 4 nitrogen and oxygen atoms in total. The van der Waals surface area contributed by atoms with Crippen molar-refractivity contribution in [2.24, 2.45) is 0 Å². The van der Waals surface area contributed by atoms with Crippen LogP contribution in [-0.4, -0.2) is 11.5 Å². The largest absolute Gasteiger partial charge is 0.380 e. The van der Waals surface area contributed by atoms with E-state index in [-0.39, 0.29) is 5.69 Å². The number of rotatable bonds is 5. The number of anilines is 1. The first kappa shape index (κ1) is 13.5. The van der Waals surface area contributed by atoms with E-state index in [1.165, 1.54) is 5.57 Å². The third-order valence-corrected chi connectivity index (χ3v) is 3.12. The first-order chi connectivity index (χ1) is 9.08. The summed E-state index contributed by atoms with van der Waals surface area (Å²) in [7, 11) is 0. The highest BCUT2D eigenvalue weighted by atomic mass is 19.1. The van der Waals surface area contributed by atoms with Crippen molar-refractivity contribution >= 4 is 11.4 Å². The molecular weight excluding hydrogens is 254 g/mol. The Bertz CT molecular complexity index is 506. The molecule has 0 saturated carbocycles. The Morgan fingerprint density at radius 1 is 1.32 bits per heavy atom. The summed E-state index contributed by atoms with van der Waals surface area (Å²) in [5, 5.41) is 13.1. The number of nitrogens with one attached hydrogen (secondary N) is 1. The smallest absolute Gasteiger partial charge is 0.275 e. The van der Waals surface area contributed by atoms with Crippen LogP contribution >= 0.6 is 0 Å². The molecule has 1 aromatic rings. The molecule has 0 fully saturated rings. The van der Waals surface area contributed by atoms with Crippen molar-refractivity contribution < 1.29 is 13.7 Å². The van der Waals surface area contributed by atoms with E-state index in [0.29, 0.717) is 6.54 Å². The molecule has 1 N–H and O–H groups in total. The molecule has 0 saturated heterocycles. The van der Waals surface area contributed by atoms with E-state index in [1.54, 1.807) is 0 Å². The van der Waals surface area contributed by atoms with Gasteiger partial charge in [0.25, 0.3) is 5.69 Å². The molecule has 0 atom stereocenters. The van der Waals surface area contributed by atoms with Gasteiger partial charge in [-0.15, -0.1) is 0 Å². The molecule has 0 bridgehead atoms. The maximum atomic E-state index is 13.6. The summed E-state index contributed by atoms with van der Waals surface area (Å²) in [5.74, 6) is -1.88. The molecule has 2 rings (SSSR count). The molecule has 0 unspecified atom stereocenters. The van der Waals surface area contributed by atoms with Gasteiger partial charge in [0.1, 0.15) is 5.69 Å². The van der Waals surface area contributed by atoms with Crippen molar-refractivity contribution in [3.63, 3.8) is 0 Å². The van der Waals surface area contributed by atoms with Crippen molar-refractivity contribution in [1.29, 1.82) is 0 Å². The van der Waals surface area contributed by atoms with Crippen LogP contribution in [0.4, 0.5) is 20.2 Å². The number of nitro groups is 1. The topological polar surface area (TPSA) is 55.2 Å². The Morgan fingerprint density at radius 3 is 2.53 bits per heavy atom. The van der Waals surface area contributed by atoms with Gasteiger partial charge in [-0.3, -0.25) is 10.1 Å². The van der Waals surface area contributed by atoms with Gasteiger partial charge in [0.15, 0.2) is 11.6 Å². The maximum absolute atomic E-state index is 13.6. The lowest BCUT2D eigenvalue weighted by molar-refractivity contribution is -0.385. The zero-order valence-corrected chi connectivity index (χ0v) is 10.3. The second-order valence-electron chi connectivity index (χ2n) is 4.47. The van der Waals surface area contributed by atoms with Crippen LogP contribution in [0.15, 0.2) is 23.8 Å². The summed E-state index contributed by atoms with van der Waals surface area (Å²) in [6.45, 7) is 0.414. The first-order valence-electron chi connectivity index (χ1n) is 6.13. The Hall–Kier alpha value is -1.98. The molecule has 0 heterocycles. The highest BCUT2D eigenvalue weighted by Gasteiger charge is 2.16. The van der Waals surface area contributed by atoms with E-state index in [9.17, 15) is 18.9 Å². The first-order valence-corrected chi connectivity index (χ1v) is 6.13. The van der Waals surface area contributed by atoms with Crippen molar-refractivity contribution in [2.45, 2.75) is 25.7 Å². The van der Waals surface area contributed by atoms with Gasteiger partial charge in [0.2, 0.25) is 0 Å². The molecule has 1 aromatic carbocycles. The van der Waals surface area contributed by atoms with Gasteiger partial charge in [-0.2, -0.15) is 0 Å². The van der Waals surface area contributed by atoms with Crippen LogP contribution in [0, 0.1) is 21.7 Å². The van der Waals surface area contributed by atoms with E-state index in [0.717, 1.165) is 37.8 Å². The van der Waals surface area contributed by atoms with E-state index < -0.39 is 22.2 Å². The van der Waals surface area contributed by atoms with Gasteiger partial charge in [0.05, 0.1) is 17.1 Å². The Kier molecular flexibility index (Phi) is 4.09. The summed E-state index contributed by atoms with van der Waals surface area (Å²) >= 11 is 0. The van der Waals surface area contributed by atoms with E-state index in [1.807, 2.05) is 0 Å². The van der Waals surface area contributed by atoms with Crippen LogP contribution in [-0.2, 0) is 0 Å². The molecule has 0 spiro atoms. The Labute approximate surface area is 109 Å². The summed E-state index contributed by atoms with van der Waals surface area (Å²) in [5.41, 5.74) is 0.401. The number of nitrogens with zero attached hydrogens (tertiary/aromatic N) is 1. The molecular formula is C13H14F2N2O2. The van der Waals surface area contributed by atoms with Crippen molar-refractivity contribution in [3.8, 4) is 0 Å². The fourth-order valence-electron chi connectivity index (χ4n) is 2.15. The second-order valence-corrected chi connectivity index (χ2v) is 4.47. The number of halogens is 2. The second kappa shape index (κ2) is 5.77.